The number of hydrogen-bond acceptors (Lipinski definition) is 4. The van der Waals surface area contributed by atoms with Crippen LogP contribution in [-0.2, 0) is 15.0 Å². The Morgan fingerprint density at radius 3 is 1.76 bits per heavy atom. The molecule has 5 rings (SSSR count). The van der Waals surface area contributed by atoms with E-state index in [-0.39, 0.29) is 10.8 Å². The first-order valence-corrected chi connectivity index (χ1v) is 16.1. The first kappa shape index (κ1) is 32.9. The van der Waals surface area contributed by atoms with Gasteiger partial charge in [-0.1, -0.05) is 121 Å². The molecule has 3 unspecified atom stereocenters. The lowest BCUT2D eigenvalue weighted by Crippen LogP contribution is -2.34. The van der Waals surface area contributed by atoms with E-state index < -0.39 is 0 Å². The Morgan fingerprint density at radius 1 is 0.696 bits per heavy atom. The molecule has 3 atom stereocenters. The summed E-state index contributed by atoms with van der Waals surface area (Å²) in [5, 5.41) is 0. The predicted octanol–water partition coefficient (Wildman–Crippen LogP) is 10.9. The monoisotopic (exact) mass is 616 g/mol. The number of methoxy groups -OCH3 is 2. The molecule has 4 aromatic carbocycles. The van der Waals surface area contributed by atoms with Gasteiger partial charge in [0.1, 0.15) is 11.5 Å². The Morgan fingerprint density at radius 2 is 1.20 bits per heavy atom. The van der Waals surface area contributed by atoms with Gasteiger partial charge in [-0.3, -0.25) is 9.78 Å². The molecule has 240 valence electrons. The van der Waals surface area contributed by atoms with E-state index in [0.717, 1.165) is 23.3 Å². The molecule has 0 aliphatic heterocycles. The highest BCUT2D eigenvalue weighted by molar-refractivity contribution is 5.59. The SMILES string of the molecule is C=C(OC)c1ccc(C(C)(C)c2ccc(OOC(=C)c3ccc(C4CC(c5ccc(OC)cc5)C(C)(C)CC4C)cc3)cc2)cc1. The van der Waals surface area contributed by atoms with Crippen LogP contribution in [0.25, 0.3) is 11.5 Å². The number of benzene rings is 4. The molecular formula is C42H48O4. The molecule has 4 heteroatoms. The molecule has 0 N–H and O–H groups in total. The van der Waals surface area contributed by atoms with Crippen molar-refractivity contribution in [2.24, 2.45) is 11.3 Å². The summed E-state index contributed by atoms with van der Waals surface area (Å²) >= 11 is 0. The van der Waals surface area contributed by atoms with Crippen molar-refractivity contribution < 1.29 is 19.2 Å². The topological polar surface area (TPSA) is 36.9 Å². The second kappa shape index (κ2) is 13.5. The molecule has 1 saturated carbocycles. The van der Waals surface area contributed by atoms with Crippen LogP contribution in [0.15, 0.2) is 110 Å². The van der Waals surface area contributed by atoms with Crippen molar-refractivity contribution in [2.45, 2.75) is 64.7 Å². The zero-order valence-corrected chi connectivity index (χ0v) is 28.4. The van der Waals surface area contributed by atoms with Crippen LogP contribution in [0.2, 0.25) is 0 Å². The molecule has 0 amide bonds. The highest BCUT2D eigenvalue weighted by Crippen LogP contribution is 2.54. The van der Waals surface area contributed by atoms with Crippen LogP contribution in [0, 0.1) is 11.3 Å². The van der Waals surface area contributed by atoms with Gasteiger partial charge in [-0.2, -0.15) is 0 Å². The van der Waals surface area contributed by atoms with Crippen molar-refractivity contribution >= 4 is 11.5 Å². The van der Waals surface area contributed by atoms with E-state index in [1.807, 2.05) is 24.3 Å². The zero-order valence-electron chi connectivity index (χ0n) is 28.4. The standard InChI is InChI=1S/C42H48O4/c1-28-27-41(4,5)40(34-16-22-37(44-9)23-17-34)26-39(28)33-12-10-32(11-13-33)30(3)45-46-38-24-20-36(21-25-38)42(6,7)35-18-14-31(15-19-35)29(2)43-8/h10-25,28,39-40H,2-3,26-27H2,1,4-9H3. The fourth-order valence-corrected chi connectivity index (χ4v) is 7.15. The van der Waals surface area contributed by atoms with Gasteiger partial charge in [0.2, 0.25) is 0 Å². The maximum atomic E-state index is 5.68. The number of rotatable bonds is 11. The van der Waals surface area contributed by atoms with Crippen LogP contribution in [-0.4, -0.2) is 14.2 Å². The van der Waals surface area contributed by atoms with Gasteiger partial charge in [0.05, 0.1) is 14.2 Å². The Kier molecular flexibility index (Phi) is 9.67. The van der Waals surface area contributed by atoms with Crippen molar-refractivity contribution in [3.63, 3.8) is 0 Å². The molecule has 0 heterocycles. The van der Waals surface area contributed by atoms with Crippen molar-refractivity contribution in [1.82, 2.24) is 0 Å². The minimum absolute atomic E-state index is 0.197. The van der Waals surface area contributed by atoms with Gasteiger partial charge in [0, 0.05) is 16.5 Å². The molecule has 0 aromatic heterocycles. The zero-order chi connectivity index (χ0) is 33.1. The largest absolute Gasteiger partial charge is 0.497 e. The van der Waals surface area contributed by atoms with Crippen molar-refractivity contribution in [3.05, 3.63) is 144 Å². The summed E-state index contributed by atoms with van der Waals surface area (Å²) in [6.45, 7) is 19.7. The highest BCUT2D eigenvalue weighted by Gasteiger charge is 2.41. The molecule has 4 aromatic rings. The highest BCUT2D eigenvalue weighted by atomic mass is 17.2. The summed E-state index contributed by atoms with van der Waals surface area (Å²) in [5.41, 5.74) is 7.02. The number of ether oxygens (including phenoxy) is 2. The van der Waals surface area contributed by atoms with Gasteiger partial charge in [0.15, 0.2) is 11.5 Å². The van der Waals surface area contributed by atoms with Crippen molar-refractivity contribution in [3.8, 4) is 11.5 Å². The van der Waals surface area contributed by atoms with Crippen LogP contribution >= 0.6 is 0 Å². The fraction of sp³-hybridized carbons (Fsp3) is 0.333. The van der Waals surface area contributed by atoms with Crippen LogP contribution < -0.4 is 9.62 Å². The normalized spacial score (nSPS) is 19.2. The minimum Gasteiger partial charge on any atom is -0.497 e. The third kappa shape index (κ3) is 7.02. The Bertz CT molecular complexity index is 1630. The van der Waals surface area contributed by atoms with Crippen molar-refractivity contribution in [2.75, 3.05) is 14.2 Å². The molecular weight excluding hydrogens is 568 g/mol. The molecule has 1 aliphatic carbocycles. The Hall–Kier alpha value is -4.44. The van der Waals surface area contributed by atoms with Crippen LogP contribution in [0.5, 0.6) is 11.5 Å². The molecule has 0 bridgehead atoms. The minimum atomic E-state index is -0.197. The summed E-state index contributed by atoms with van der Waals surface area (Å²) in [5.74, 6) is 4.19. The van der Waals surface area contributed by atoms with Gasteiger partial charge in [0.25, 0.3) is 0 Å². The Labute approximate surface area is 275 Å². The summed E-state index contributed by atoms with van der Waals surface area (Å²) in [4.78, 5) is 11.4. The quantitative estimate of drug-likeness (QED) is 0.0954. The van der Waals surface area contributed by atoms with E-state index >= 15 is 0 Å². The fourth-order valence-electron chi connectivity index (χ4n) is 7.15. The Balaban J connectivity index is 1.20. The van der Waals surface area contributed by atoms with E-state index in [0.29, 0.717) is 35.0 Å². The summed E-state index contributed by atoms with van der Waals surface area (Å²) in [6, 6.07) is 33.6. The van der Waals surface area contributed by atoms with E-state index in [4.69, 9.17) is 19.2 Å². The molecule has 1 fully saturated rings. The molecule has 4 nitrogen and oxygen atoms in total. The van der Waals surface area contributed by atoms with Crippen LogP contribution in [0.4, 0.5) is 0 Å². The lowest BCUT2D eigenvalue weighted by molar-refractivity contribution is -0.132. The van der Waals surface area contributed by atoms with E-state index in [9.17, 15) is 0 Å². The summed E-state index contributed by atoms with van der Waals surface area (Å²) in [6.07, 6.45) is 2.29. The third-order valence-corrected chi connectivity index (χ3v) is 10.1. The lowest BCUT2D eigenvalue weighted by atomic mass is 9.58. The molecule has 46 heavy (non-hydrogen) atoms. The lowest BCUT2D eigenvalue weighted by Gasteiger charge is -2.46. The number of hydrogen-bond donors (Lipinski definition) is 0. The first-order chi connectivity index (χ1) is 21.9. The molecule has 0 radical (unpaired) electrons. The van der Waals surface area contributed by atoms with Crippen LogP contribution in [0.3, 0.4) is 0 Å². The predicted molar refractivity (Wildman–Crippen MR) is 189 cm³/mol. The smallest absolute Gasteiger partial charge is 0.178 e. The third-order valence-electron chi connectivity index (χ3n) is 10.1. The molecule has 0 spiro atoms. The van der Waals surface area contributed by atoms with Gasteiger partial charge in [-0.25, -0.2) is 0 Å². The van der Waals surface area contributed by atoms with E-state index in [1.54, 1.807) is 14.2 Å². The van der Waals surface area contributed by atoms with Crippen LogP contribution in [0.1, 0.15) is 92.7 Å². The molecule has 0 saturated heterocycles. The summed E-state index contributed by atoms with van der Waals surface area (Å²) in [7, 11) is 3.35. The average Bonchev–Trinajstić information content (AvgIpc) is 3.07. The van der Waals surface area contributed by atoms with Crippen molar-refractivity contribution in [1.29, 1.82) is 0 Å². The average molecular weight is 617 g/mol. The van der Waals surface area contributed by atoms with E-state index in [1.165, 1.54) is 28.7 Å². The first-order valence-electron chi connectivity index (χ1n) is 16.1. The van der Waals surface area contributed by atoms with Gasteiger partial charge in [-0.05, 0) is 82.5 Å². The maximum Gasteiger partial charge on any atom is 0.178 e. The van der Waals surface area contributed by atoms with Gasteiger partial charge < -0.3 is 9.47 Å². The van der Waals surface area contributed by atoms with E-state index in [2.05, 4.69) is 121 Å². The van der Waals surface area contributed by atoms with Gasteiger partial charge in [-0.15, -0.1) is 0 Å². The molecule has 1 aliphatic rings. The second-order valence-electron chi connectivity index (χ2n) is 13.9. The van der Waals surface area contributed by atoms with Gasteiger partial charge >= 0.3 is 0 Å². The second-order valence-corrected chi connectivity index (χ2v) is 13.9. The maximum absolute atomic E-state index is 5.68. The summed E-state index contributed by atoms with van der Waals surface area (Å²) < 4.78 is 10.7.